The Bertz CT molecular complexity index is 434. The van der Waals surface area contributed by atoms with E-state index in [4.69, 9.17) is 0 Å². The lowest BCUT2D eigenvalue weighted by Gasteiger charge is -2.37. The minimum atomic E-state index is 0.0380. The van der Waals surface area contributed by atoms with Crippen molar-refractivity contribution in [3.8, 4) is 0 Å². The van der Waals surface area contributed by atoms with Gasteiger partial charge in [-0.1, -0.05) is 20.3 Å². The molecule has 0 aromatic rings. The predicted molar refractivity (Wildman–Crippen MR) is 85.4 cm³/mol. The van der Waals surface area contributed by atoms with Gasteiger partial charge in [-0.25, -0.2) is 4.79 Å². The van der Waals surface area contributed by atoms with E-state index in [0.29, 0.717) is 12.6 Å². The first-order valence-corrected chi connectivity index (χ1v) is 8.92. The van der Waals surface area contributed by atoms with Crippen molar-refractivity contribution < 1.29 is 9.59 Å². The number of likely N-dealkylation sites (tertiary alicyclic amines) is 2. The van der Waals surface area contributed by atoms with Crippen LogP contribution in [0.25, 0.3) is 0 Å². The Kier molecular flexibility index (Phi) is 4.59. The van der Waals surface area contributed by atoms with Crippen molar-refractivity contribution in [2.24, 2.45) is 11.8 Å². The summed E-state index contributed by atoms with van der Waals surface area (Å²) in [6.45, 7) is 6.20. The monoisotopic (exact) mass is 307 g/mol. The number of hydrogen-bond acceptors (Lipinski definition) is 2. The minimum absolute atomic E-state index is 0.0380. The van der Waals surface area contributed by atoms with Gasteiger partial charge < -0.3 is 15.1 Å². The summed E-state index contributed by atoms with van der Waals surface area (Å²) in [6, 6.07) is 0.680. The Morgan fingerprint density at radius 3 is 2.45 bits per heavy atom. The molecular weight excluding hydrogens is 278 g/mol. The van der Waals surface area contributed by atoms with Crippen LogP contribution in [-0.4, -0.2) is 53.5 Å². The van der Waals surface area contributed by atoms with Crippen LogP contribution in [0.1, 0.15) is 52.4 Å². The van der Waals surface area contributed by atoms with Crippen molar-refractivity contribution in [3.05, 3.63) is 0 Å². The van der Waals surface area contributed by atoms with E-state index in [9.17, 15) is 9.59 Å². The fourth-order valence-electron chi connectivity index (χ4n) is 4.06. The van der Waals surface area contributed by atoms with Crippen molar-refractivity contribution in [2.45, 2.75) is 64.5 Å². The smallest absolute Gasteiger partial charge is 0.317 e. The number of carbonyl (C=O) groups excluding carboxylic acids is 2. The van der Waals surface area contributed by atoms with Crippen molar-refractivity contribution >= 4 is 11.9 Å². The molecule has 5 nitrogen and oxygen atoms in total. The highest BCUT2D eigenvalue weighted by Crippen LogP contribution is 2.37. The van der Waals surface area contributed by atoms with Crippen LogP contribution >= 0.6 is 0 Å². The van der Waals surface area contributed by atoms with Crippen LogP contribution in [0.15, 0.2) is 0 Å². The maximum absolute atomic E-state index is 12.6. The number of rotatable bonds is 3. The average molecular weight is 307 g/mol. The van der Waals surface area contributed by atoms with E-state index in [-0.39, 0.29) is 23.9 Å². The van der Waals surface area contributed by atoms with Gasteiger partial charge in [-0.3, -0.25) is 4.79 Å². The summed E-state index contributed by atoms with van der Waals surface area (Å²) in [5.74, 6) is 0.970. The first-order chi connectivity index (χ1) is 10.6. The summed E-state index contributed by atoms with van der Waals surface area (Å²) in [5.41, 5.74) is 0. The highest BCUT2D eigenvalue weighted by molar-refractivity contribution is 5.79. The fraction of sp³-hybridized carbons (Fsp3) is 0.882. The Hall–Kier alpha value is -1.26. The van der Waals surface area contributed by atoms with E-state index in [1.54, 1.807) is 0 Å². The van der Waals surface area contributed by atoms with Crippen LogP contribution in [0.4, 0.5) is 4.79 Å². The lowest BCUT2D eigenvalue weighted by atomic mass is 9.79. The minimum Gasteiger partial charge on any atom is -0.340 e. The number of carbonyl (C=O) groups is 2. The largest absolute Gasteiger partial charge is 0.340 e. The van der Waals surface area contributed by atoms with Crippen LogP contribution in [-0.2, 0) is 4.79 Å². The number of nitrogens with zero attached hydrogens (tertiary/aromatic N) is 2. The second kappa shape index (κ2) is 6.47. The Morgan fingerprint density at radius 1 is 1.05 bits per heavy atom. The van der Waals surface area contributed by atoms with E-state index in [2.05, 4.69) is 10.2 Å². The van der Waals surface area contributed by atoms with Gasteiger partial charge in [0.2, 0.25) is 5.91 Å². The highest BCUT2D eigenvalue weighted by Gasteiger charge is 2.38. The molecule has 2 aliphatic heterocycles. The second-order valence-corrected chi connectivity index (χ2v) is 7.47. The molecule has 0 bridgehead atoms. The van der Waals surface area contributed by atoms with Gasteiger partial charge in [0.1, 0.15) is 0 Å². The fourth-order valence-corrected chi connectivity index (χ4v) is 4.06. The molecule has 3 rings (SSSR count). The number of amides is 3. The Balaban J connectivity index is 1.51. The topological polar surface area (TPSA) is 52.7 Å². The SMILES string of the molecule is CC(C)C(=O)N1CC[C@H](NC(=O)N2CCC[C@H]2C2CCC2)C1. The summed E-state index contributed by atoms with van der Waals surface area (Å²) in [4.78, 5) is 28.6. The summed E-state index contributed by atoms with van der Waals surface area (Å²) in [7, 11) is 0. The molecular formula is C17H29N3O2. The van der Waals surface area contributed by atoms with E-state index in [0.717, 1.165) is 31.8 Å². The molecule has 0 unspecified atom stereocenters. The summed E-state index contributed by atoms with van der Waals surface area (Å²) in [5, 5.41) is 3.17. The van der Waals surface area contributed by atoms with Gasteiger partial charge in [0.05, 0.1) is 0 Å². The third-order valence-corrected chi connectivity index (χ3v) is 5.58. The van der Waals surface area contributed by atoms with Gasteiger partial charge >= 0.3 is 6.03 Å². The van der Waals surface area contributed by atoms with E-state index < -0.39 is 0 Å². The van der Waals surface area contributed by atoms with E-state index in [1.165, 1.54) is 25.7 Å². The van der Waals surface area contributed by atoms with Crippen molar-refractivity contribution in [3.63, 3.8) is 0 Å². The molecule has 0 aromatic heterocycles. The zero-order valence-corrected chi connectivity index (χ0v) is 13.9. The van der Waals surface area contributed by atoms with Crippen LogP contribution in [0.3, 0.4) is 0 Å². The van der Waals surface area contributed by atoms with Crippen LogP contribution in [0.2, 0.25) is 0 Å². The Morgan fingerprint density at radius 2 is 1.82 bits per heavy atom. The zero-order chi connectivity index (χ0) is 15.7. The van der Waals surface area contributed by atoms with Crippen LogP contribution in [0, 0.1) is 11.8 Å². The molecule has 3 aliphatic rings. The maximum atomic E-state index is 12.6. The number of hydrogen-bond donors (Lipinski definition) is 1. The lowest BCUT2D eigenvalue weighted by molar-refractivity contribution is -0.133. The van der Waals surface area contributed by atoms with Gasteiger partial charge in [0.15, 0.2) is 0 Å². The van der Waals surface area contributed by atoms with Gasteiger partial charge in [0, 0.05) is 37.6 Å². The maximum Gasteiger partial charge on any atom is 0.317 e. The molecule has 1 N–H and O–H groups in total. The molecule has 2 saturated heterocycles. The third-order valence-electron chi connectivity index (χ3n) is 5.58. The molecule has 2 heterocycles. The quantitative estimate of drug-likeness (QED) is 0.869. The molecule has 5 heteroatoms. The molecule has 0 radical (unpaired) electrons. The van der Waals surface area contributed by atoms with Crippen molar-refractivity contribution in [2.75, 3.05) is 19.6 Å². The lowest BCUT2D eigenvalue weighted by Crippen LogP contribution is -2.50. The standard InChI is InChI=1S/C17H29N3O2/c1-12(2)16(21)19-10-8-14(11-19)18-17(22)20-9-4-7-15(20)13-5-3-6-13/h12-15H,3-11H2,1-2H3,(H,18,22)/t14-,15-/m0/s1. The summed E-state index contributed by atoms with van der Waals surface area (Å²) in [6.07, 6.45) is 7.08. The van der Waals surface area contributed by atoms with E-state index >= 15 is 0 Å². The van der Waals surface area contributed by atoms with Crippen molar-refractivity contribution in [1.29, 1.82) is 0 Å². The first-order valence-electron chi connectivity index (χ1n) is 8.92. The number of urea groups is 1. The van der Waals surface area contributed by atoms with Crippen LogP contribution in [0.5, 0.6) is 0 Å². The van der Waals surface area contributed by atoms with Crippen LogP contribution < -0.4 is 5.32 Å². The average Bonchev–Trinajstić information content (AvgIpc) is 3.05. The summed E-state index contributed by atoms with van der Waals surface area (Å²) >= 11 is 0. The Labute approximate surface area is 133 Å². The molecule has 1 aliphatic carbocycles. The molecule has 0 spiro atoms. The number of nitrogens with one attached hydrogen (secondary N) is 1. The van der Waals surface area contributed by atoms with Crippen molar-refractivity contribution in [1.82, 2.24) is 15.1 Å². The molecule has 124 valence electrons. The van der Waals surface area contributed by atoms with Gasteiger partial charge in [-0.2, -0.15) is 0 Å². The van der Waals surface area contributed by atoms with Gasteiger partial charge in [-0.05, 0) is 38.0 Å². The molecule has 3 amide bonds. The molecule has 2 atom stereocenters. The molecule has 1 saturated carbocycles. The molecule has 0 aromatic carbocycles. The molecule has 3 fully saturated rings. The van der Waals surface area contributed by atoms with E-state index in [1.807, 2.05) is 18.7 Å². The zero-order valence-electron chi connectivity index (χ0n) is 13.9. The molecule has 22 heavy (non-hydrogen) atoms. The normalized spacial score (nSPS) is 29.0. The first kappa shape index (κ1) is 15.6. The predicted octanol–water partition coefficient (Wildman–Crippen LogP) is 2.22. The second-order valence-electron chi connectivity index (χ2n) is 7.47. The van der Waals surface area contributed by atoms with Gasteiger partial charge in [-0.15, -0.1) is 0 Å². The van der Waals surface area contributed by atoms with Gasteiger partial charge in [0.25, 0.3) is 0 Å². The third kappa shape index (κ3) is 3.08. The highest BCUT2D eigenvalue weighted by atomic mass is 16.2. The summed E-state index contributed by atoms with van der Waals surface area (Å²) < 4.78 is 0.